The van der Waals surface area contributed by atoms with Gasteiger partial charge in [-0.15, -0.1) is 0 Å². The van der Waals surface area contributed by atoms with Gasteiger partial charge in [0.1, 0.15) is 0 Å². The summed E-state index contributed by atoms with van der Waals surface area (Å²) in [6.07, 6.45) is 2.56. The first-order valence-corrected chi connectivity index (χ1v) is 23.7. The van der Waals surface area contributed by atoms with E-state index in [4.69, 9.17) is 23.2 Å². The topological polar surface area (TPSA) is 0 Å². The third kappa shape index (κ3) is 7.75. The van der Waals surface area contributed by atoms with Gasteiger partial charge in [0.05, 0.1) is 0 Å². The minimum atomic E-state index is -3.97. The zero-order chi connectivity index (χ0) is 34.8. The van der Waals surface area contributed by atoms with Crippen molar-refractivity contribution in [1.82, 2.24) is 0 Å². The average molecular weight is 824 g/mol. The second kappa shape index (κ2) is 15.2. The van der Waals surface area contributed by atoms with Crippen LogP contribution in [0, 0.1) is 11.8 Å². The van der Waals surface area contributed by atoms with Crippen LogP contribution in [0.5, 0.6) is 0 Å². The predicted molar refractivity (Wildman–Crippen MR) is 209 cm³/mol. The van der Waals surface area contributed by atoms with Crippen molar-refractivity contribution in [3.8, 4) is 11.1 Å². The normalized spacial score (nSPS) is 15.4. The second-order valence-corrected chi connectivity index (χ2v) is 26.1. The largest absolute Gasteiger partial charge is 1.00 e. The van der Waals surface area contributed by atoms with Gasteiger partial charge in [-0.1, -0.05) is 0 Å². The Morgan fingerprint density at radius 2 is 1.04 bits per heavy atom. The maximum Gasteiger partial charge on any atom is -1.00 e. The Bertz CT molecular complexity index is 1950. The Kier molecular flexibility index (Phi) is 12.5. The van der Waals surface area contributed by atoms with Crippen molar-refractivity contribution in [1.29, 1.82) is 0 Å². The number of halogens is 4. The molecule has 0 aliphatic heterocycles. The fraction of sp³-hybridized carbons (Fsp3) is 0.333. The summed E-state index contributed by atoms with van der Waals surface area (Å²) in [5.41, 5.74) is 14.1. The third-order valence-electron chi connectivity index (χ3n) is 10.6. The smallest absolute Gasteiger partial charge is 1.00 e. The summed E-state index contributed by atoms with van der Waals surface area (Å²) >= 11 is 9.00. The zero-order valence-corrected chi connectivity index (χ0v) is 36.5. The Balaban J connectivity index is 0.00000281. The van der Waals surface area contributed by atoms with Crippen molar-refractivity contribution in [3.63, 3.8) is 0 Å². The van der Waals surface area contributed by atoms with Gasteiger partial charge in [-0.05, 0) is 0 Å². The number of benzene rings is 4. The van der Waals surface area contributed by atoms with E-state index in [1.807, 2.05) is 24.3 Å². The van der Waals surface area contributed by atoms with E-state index >= 15 is 0 Å². The number of rotatable bonds is 5. The molecule has 2 aliphatic rings. The van der Waals surface area contributed by atoms with Gasteiger partial charge < -0.3 is 24.8 Å². The van der Waals surface area contributed by atoms with Gasteiger partial charge in [0.25, 0.3) is 0 Å². The molecule has 0 nitrogen and oxygen atoms in total. The van der Waals surface area contributed by atoms with E-state index < -0.39 is 19.3 Å². The molecule has 0 fully saturated rings. The Morgan fingerprint density at radius 3 is 1.38 bits per heavy atom. The molecule has 4 aromatic carbocycles. The summed E-state index contributed by atoms with van der Waals surface area (Å²) < 4.78 is 7.41. The fourth-order valence-electron chi connectivity index (χ4n) is 8.21. The van der Waals surface area contributed by atoms with Crippen LogP contribution < -0.4 is 24.8 Å². The van der Waals surface area contributed by atoms with E-state index in [1.165, 1.54) is 55.7 Å². The van der Waals surface area contributed by atoms with Crippen molar-refractivity contribution >= 4 is 30.6 Å². The molecule has 4 aromatic rings. The standard InChI is InChI=1S/C21H25.C10H15.2C7H5Cl.2ClH.Zr/c1-20(2,3)16-9-7-14-11-15-8-10-17(21(4,5)6)13-19(15)18(14)12-16;1-7(2)10-6-8(3)5-9(10)4;2*1-6-2-4-7(8)5-3-6;;;/h7-13H,1-6H3;6-8H,1-4H3;2*1-5H;2*1H;/q;;;;;;+2/p-2. The monoisotopic (exact) mass is 820 g/mol. The van der Waals surface area contributed by atoms with E-state index in [9.17, 15) is 0 Å². The summed E-state index contributed by atoms with van der Waals surface area (Å²) in [6, 6.07) is 31.9. The van der Waals surface area contributed by atoms with Gasteiger partial charge in [0.2, 0.25) is 0 Å². The van der Waals surface area contributed by atoms with Crippen molar-refractivity contribution in [2.24, 2.45) is 11.8 Å². The molecule has 0 radical (unpaired) electrons. The van der Waals surface area contributed by atoms with E-state index in [0.717, 1.165) is 10.0 Å². The molecule has 0 spiro atoms. The SMILES string of the molecule is CC1=[C]([Zr+2](=[CH]c2ccc(Cl)cc2)(=[CH]c2ccc(Cl)cc2)[CH]2c3ccc(C(C)(C)C)cc3-c3cc(C(C)(C)C)ccc32)C(C)C=C1C(C)C.[Cl-].[Cl-]. The van der Waals surface area contributed by atoms with Gasteiger partial charge in [0, 0.05) is 0 Å². The third-order valence-corrected chi connectivity index (χ3v) is 23.3. The number of hydrogen-bond donors (Lipinski definition) is 0. The maximum absolute atomic E-state index is 6.48. The molecular weight excluding hydrogens is 774 g/mol. The minimum absolute atomic E-state index is 0. The quantitative estimate of drug-likeness (QED) is 0.203. The number of allylic oxidation sites excluding steroid dienone is 4. The first-order chi connectivity index (χ1) is 22.5. The fourth-order valence-corrected chi connectivity index (χ4v) is 22.5. The average Bonchev–Trinajstić information content (AvgIpc) is 3.51. The first-order valence-electron chi connectivity index (χ1n) is 17.4. The maximum atomic E-state index is 6.48. The first kappa shape index (κ1) is 40.9. The van der Waals surface area contributed by atoms with Gasteiger partial charge in [-0.3, -0.25) is 0 Å². The molecular formula is C45H50Cl4Zr. The van der Waals surface area contributed by atoms with Crippen LogP contribution in [0.1, 0.15) is 106 Å². The summed E-state index contributed by atoms with van der Waals surface area (Å²) in [4.78, 5) is 0. The van der Waals surface area contributed by atoms with E-state index in [-0.39, 0.29) is 39.3 Å². The number of hydrogen-bond acceptors (Lipinski definition) is 0. The van der Waals surface area contributed by atoms with E-state index in [0.29, 0.717) is 11.8 Å². The molecule has 1 unspecified atom stereocenters. The summed E-state index contributed by atoms with van der Waals surface area (Å²) in [6.45, 7) is 23.5. The van der Waals surface area contributed by atoms with E-state index in [2.05, 4.69) is 143 Å². The molecule has 2 aliphatic carbocycles. The predicted octanol–water partition coefficient (Wildman–Crippen LogP) is 7.03. The summed E-state index contributed by atoms with van der Waals surface area (Å²) in [5.74, 6) is 0.812. The van der Waals surface area contributed by atoms with E-state index in [1.54, 1.807) is 3.28 Å². The van der Waals surface area contributed by atoms with Crippen LogP contribution in [-0.4, -0.2) is 7.42 Å². The number of fused-ring (bicyclic) bond motifs is 3. The van der Waals surface area contributed by atoms with Crippen molar-refractivity contribution in [3.05, 3.63) is 149 Å². The van der Waals surface area contributed by atoms with Crippen LogP contribution in [0.4, 0.5) is 0 Å². The van der Waals surface area contributed by atoms with Crippen LogP contribution in [0.25, 0.3) is 11.1 Å². The summed E-state index contributed by atoms with van der Waals surface area (Å²) in [5, 5.41) is 1.54. The summed E-state index contributed by atoms with van der Waals surface area (Å²) in [7, 11) is 0. The molecule has 6 rings (SSSR count). The molecule has 0 amide bonds. The van der Waals surface area contributed by atoms with Crippen molar-refractivity contribution < 1.29 is 44.1 Å². The minimum Gasteiger partial charge on any atom is -1.00 e. The molecule has 0 saturated heterocycles. The zero-order valence-electron chi connectivity index (χ0n) is 31.1. The molecule has 1 atom stereocenters. The van der Waals surface area contributed by atoms with Crippen LogP contribution >= 0.6 is 23.2 Å². The van der Waals surface area contributed by atoms with Crippen LogP contribution in [0.3, 0.4) is 0 Å². The van der Waals surface area contributed by atoms with Gasteiger partial charge in [0.15, 0.2) is 0 Å². The van der Waals surface area contributed by atoms with Gasteiger partial charge in [-0.2, -0.15) is 0 Å². The molecule has 0 heterocycles. The van der Waals surface area contributed by atoms with Crippen LogP contribution in [0.15, 0.2) is 105 Å². The van der Waals surface area contributed by atoms with Crippen molar-refractivity contribution in [2.45, 2.75) is 83.7 Å². The molecule has 0 bridgehead atoms. The van der Waals surface area contributed by atoms with Gasteiger partial charge in [-0.25, -0.2) is 0 Å². The molecule has 0 saturated carbocycles. The Hall–Kier alpha value is -1.86. The molecule has 0 N–H and O–H groups in total. The molecule has 262 valence electrons. The second-order valence-electron chi connectivity index (χ2n) is 16.5. The molecule has 50 heavy (non-hydrogen) atoms. The van der Waals surface area contributed by atoms with Gasteiger partial charge >= 0.3 is 305 Å². The molecule has 0 aromatic heterocycles. The van der Waals surface area contributed by atoms with Crippen molar-refractivity contribution in [2.75, 3.05) is 0 Å². The Labute approximate surface area is 327 Å². The van der Waals surface area contributed by atoms with Crippen LogP contribution in [0.2, 0.25) is 10.0 Å². The Morgan fingerprint density at radius 1 is 0.640 bits per heavy atom. The molecule has 5 heteroatoms. The van der Waals surface area contributed by atoms with Crippen LogP contribution in [-0.2, 0) is 30.1 Å².